The number of hydrogen-bond donors (Lipinski definition) is 1. The minimum Gasteiger partial charge on any atom is -0.491 e. The molecule has 0 saturated heterocycles. The second-order valence-corrected chi connectivity index (χ2v) is 5.01. The summed E-state index contributed by atoms with van der Waals surface area (Å²) >= 11 is 0. The van der Waals surface area contributed by atoms with Crippen LogP contribution in [0.15, 0.2) is 30.6 Å². The molecule has 21 heavy (non-hydrogen) atoms. The van der Waals surface area contributed by atoms with Crippen molar-refractivity contribution in [3.8, 4) is 11.8 Å². The number of aromatic nitrogens is 2. The van der Waals surface area contributed by atoms with Crippen molar-refractivity contribution in [1.82, 2.24) is 9.55 Å². The number of aliphatic hydroxyl groups is 1. The molecule has 2 aromatic rings. The number of hydrogen-bond acceptors (Lipinski definition) is 4. The Morgan fingerprint density at radius 3 is 2.62 bits per heavy atom. The maximum Gasteiger partial charge on any atom is 0.119 e. The van der Waals surface area contributed by atoms with E-state index in [0.29, 0.717) is 18.7 Å². The van der Waals surface area contributed by atoms with Gasteiger partial charge in [-0.1, -0.05) is 12.1 Å². The highest BCUT2D eigenvalue weighted by molar-refractivity contribution is 5.28. The maximum absolute atomic E-state index is 10.0. The molecule has 1 aromatic heterocycles. The molecule has 0 amide bonds. The molecule has 0 aliphatic rings. The first-order valence-corrected chi connectivity index (χ1v) is 6.85. The number of benzene rings is 1. The van der Waals surface area contributed by atoms with Crippen LogP contribution in [0.1, 0.15) is 17.0 Å². The third-order valence-corrected chi connectivity index (χ3v) is 3.40. The molecule has 0 spiro atoms. The van der Waals surface area contributed by atoms with E-state index < -0.39 is 6.10 Å². The Hall–Kier alpha value is -2.32. The van der Waals surface area contributed by atoms with Crippen molar-refractivity contribution in [3.63, 3.8) is 0 Å². The van der Waals surface area contributed by atoms with Crippen molar-refractivity contribution in [3.05, 3.63) is 47.5 Å². The van der Waals surface area contributed by atoms with Crippen LogP contribution >= 0.6 is 0 Å². The normalized spacial score (nSPS) is 11.9. The molecule has 110 valence electrons. The van der Waals surface area contributed by atoms with E-state index in [4.69, 9.17) is 10.00 Å². The second kappa shape index (κ2) is 6.91. The lowest BCUT2D eigenvalue weighted by Crippen LogP contribution is -2.23. The largest absolute Gasteiger partial charge is 0.491 e. The molecule has 1 heterocycles. The highest BCUT2D eigenvalue weighted by Gasteiger charge is 2.09. The summed E-state index contributed by atoms with van der Waals surface area (Å²) in [5.74, 6) is 0.689. The van der Waals surface area contributed by atoms with Crippen LogP contribution < -0.4 is 4.74 Å². The van der Waals surface area contributed by atoms with Crippen molar-refractivity contribution in [2.24, 2.45) is 0 Å². The number of aryl methyl sites for hydroxylation is 1. The predicted molar refractivity (Wildman–Crippen MR) is 79.0 cm³/mol. The molecule has 0 aliphatic heterocycles. The minimum atomic E-state index is -0.601. The van der Waals surface area contributed by atoms with Gasteiger partial charge < -0.3 is 14.4 Å². The molecule has 5 nitrogen and oxygen atoms in total. The highest BCUT2D eigenvalue weighted by Crippen LogP contribution is 2.13. The molecule has 1 atom stereocenters. The number of nitriles is 1. The Kier molecular flexibility index (Phi) is 4.96. The van der Waals surface area contributed by atoms with E-state index in [9.17, 15) is 5.11 Å². The first-order chi connectivity index (χ1) is 10.1. The van der Waals surface area contributed by atoms with Crippen LogP contribution in [0.3, 0.4) is 0 Å². The fourth-order valence-corrected chi connectivity index (χ4v) is 2.00. The summed E-state index contributed by atoms with van der Waals surface area (Å²) in [6.07, 6.45) is 1.52. The Morgan fingerprint density at radius 2 is 2.05 bits per heavy atom. The van der Waals surface area contributed by atoms with Gasteiger partial charge in [-0.05, 0) is 31.5 Å². The molecule has 2 rings (SSSR count). The van der Waals surface area contributed by atoms with E-state index in [1.165, 1.54) is 0 Å². The molecule has 0 bridgehead atoms. The van der Waals surface area contributed by atoms with E-state index in [1.54, 1.807) is 6.33 Å². The van der Waals surface area contributed by atoms with Gasteiger partial charge in [-0.15, -0.1) is 0 Å². The lowest BCUT2D eigenvalue weighted by molar-refractivity contribution is 0.0920. The van der Waals surface area contributed by atoms with E-state index in [0.717, 1.165) is 17.0 Å². The SMILES string of the molecule is Cc1ncn(CC(O)COc2ccc(CC#N)cc2)c1C. The molecular formula is C16H19N3O2. The molecule has 1 aromatic carbocycles. The number of aliphatic hydroxyl groups excluding tert-OH is 1. The van der Waals surface area contributed by atoms with Crippen LogP contribution in [-0.4, -0.2) is 27.4 Å². The van der Waals surface area contributed by atoms with Crippen LogP contribution in [0.5, 0.6) is 5.75 Å². The van der Waals surface area contributed by atoms with E-state index in [1.807, 2.05) is 42.7 Å². The van der Waals surface area contributed by atoms with Crippen LogP contribution in [-0.2, 0) is 13.0 Å². The van der Waals surface area contributed by atoms with Crippen molar-refractivity contribution < 1.29 is 9.84 Å². The fourth-order valence-electron chi connectivity index (χ4n) is 2.00. The zero-order chi connectivity index (χ0) is 15.2. The van der Waals surface area contributed by atoms with Gasteiger partial charge in [0.15, 0.2) is 0 Å². The zero-order valence-electron chi connectivity index (χ0n) is 12.3. The molecule has 0 saturated carbocycles. The van der Waals surface area contributed by atoms with Gasteiger partial charge in [0, 0.05) is 5.69 Å². The van der Waals surface area contributed by atoms with E-state index in [-0.39, 0.29) is 6.61 Å². The van der Waals surface area contributed by atoms with Gasteiger partial charge in [-0.3, -0.25) is 0 Å². The van der Waals surface area contributed by atoms with Crippen LogP contribution in [0.4, 0.5) is 0 Å². The zero-order valence-corrected chi connectivity index (χ0v) is 12.3. The average molecular weight is 285 g/mol. The summed E-state index contributed by atoms with van der Waals surface area (Å²) < 4.78 is 7.47. The highest BCUT2D eigenvalue weighted by atomic mass is 16.5. The standard InChI is InChI=1S/C16H19N3O2/c1-12-13(2)19(11-18-12)9-15(20)10-21-16-5-3-14(4-6-16)7-8-17/h3-6,11,15,20H,7,9-10H2,1-2H3. The Bertz CT molecular complexity index is 626. The topological polar surface area (TPSA) is 71.1 Å². The van der Waals surface area contributed by atoms with Gasteiger partial charge >= 0.3 is 0 Å². The molecule has 0 fully saturated rings. The fraction of sp³-hybridized carbons (Fsp3) is 0.375. The van der Waals surface area contributed by atoms with Crippen molar-refractivity contribution in [1.29, 1.82) is 5.26 Å². The summed E-state index contributed by atoms with van der Waals surface area (Å²) in [4.78, 5) is 4.20. The van der Waals surface area contributed by atoms with Crippen molar-refractivity contribution in [2.75, 3.05) is 6.61 Å². The van der Waals surface area contributed by atoms with Gasteiger partial charge in [0.05, 0.1) is 31.1 Å². The van der Waals surface area contributed by atoms with Crippen molar-refractivity contribution in [2.45, 2.75) is 32.9 Å². The molecule has 1 N–H and O–H groups in total. The van der Waals surface area contributed by atoms with Gasteiger partial charge in [-0.2, -0.15) is 5.26 Å². The summed E-state index contributed by atoms with van der Waals surface area (Å²) in [5.41, 5.74) is 2.97. The second-order valence-electron chi connectivity index (χ2n) is 5.01. The monoisotopic (exact) mass is 285 g/mol. The molecule has 5 heteroatoms. The first-order valence-electron chi connectivity index (χ1n) is 6.85. The van der Waals surface area contributed by atoms with E-state index in [2.05, 4.69) is 11.1 Å². The van der Waals surface area contributed by atoms with Crippen LogP contribution in [0.25, 0.3) is 0 Å². The summed E-state index contributed by atoms with van der Waals surface area (Å²) in [7, 11) is 0. The lowest BCUT2D eigenvalue weighted by Gasteiger charge is -2.14. The quantitative estimate of drug-likeness (QED) is 0.881. The first kappa shape index (κ1) is 15.1. The molecule has 0 aliphatic carbocycles. The van der Waals surface area contributed by atoms with Gasteiger partial charge in [0.1, 0.15) is 18.5 Å². The lowest BCUT2D eigenvalue weighted by atomic mass is 10.2. The molecule has 1 unspecified atom stereocenters. The Morgan fingerprint density at radius 1 is 1.33 bits per heavy atom. The summed E-state index contributed by atoms with van der Waals surface area (Å²) in [6.45, 7) is 4.59. The average Bonchev–Trinajstić information content (AvgIpc) is 2.79. The number of rotatable bonds is 6. The molecule has 0 radical (unpaired) electrons. The van der Waals surface area contributed by atoms with Gasteiger partial charge in [0.2, 0.25) is 0 Å². The number of imidazole rings is 1. The Labute approximate surface area is 124 Å². The predicted octanol–water partition coefficient (Wildman–Crippen LogP) is 2.01. The maximum atomic E-state index is 10.0. The van der Waals surface area contributed by atoms with Crippen LogP contribution in [0, 0.1) is 25.2 Å². The Balaban J connectivity index is 1.85. The summed E-state index contributed by atoms with van der Waals surface area (Å²) in [5, 5.41) is 18.6. The van der Waals surface area contributed by atoms with Gasteiger partial charge in [-0.25, -0.2) is 4.98 Å². The minimum absolute atomic E-state index is 0.217. The smallest absolute Gasteiger partial charge is 0.119 e. The molecular weight excluding hydrogens is 266 g/mol. The third kappa shape index (κ3) is 4.07. The number of ether oxygens (including phenoxy) is 1. The summed E-state index contributed by atoms with van der Waals surface area (Å²) in [6, 6.07) is 9.43. The third-order valence-electron chi connectivity index (χ3n) is 3.40. The van der Waals surface area contributed by atoms with Crippen LogP contribution in [0.2, 0.25) is 0 Å². The van der Waals surface area contributed by atoms with Gasteiger partial charge in [0.25, 0.3) is 0 Å². The van der Waals surface area contributed by atoms with E-state index >= 15 is 0 Å². The number of nitrogens with zero attached hydrogens (tertiary/aromatic N) is 3. The van der Waals surface area contributed by atoms with Crippen molar-refractivity contribution >= 4 is 0 Å².